The molecule has 3 N–H and O–H groups in total. The maximum Gasteiger partial charge on any atom is 0.257 e. The lowest BCUT2D eigenvalue weighted by Gasteiger charge is -2.15. The average Bonchev–Trinajstić information content (AvgIpc) is 2.77. The molecule has 0 radical (unpaired) electrons. The summed E-state index contributed by atoms with van der Waals surface area (Å²) >= 11 is 0. The van der Waals surface area contributed by atoms with Crippen molar-refractivity contribution < 1.29 is 8.42 Å². The lowest BCUT2D eigenvalue weighted by molar-refractivity contribution is 0.501. The number of aromatic amines is 1. The molecule has 16 heavy (non-hydrogen) atoms. The Morgan fingerprint density at radius 3 is 2.75 bits per heavy atom. The van der Waals surface area contributed by atoms with Crippen LogP contribution < -0.4 is 10.0 Å². The standard InChI is InChI=1S/C9H16N4O2S/c1-6-3-10-4-8(6)13-16(14,15)9-5-11-7(2)12-9/h5-6,8,10,13H,3-4H2,1-2H3,(H,11,12). The van der Waals surface area contributed by atoms with Gasteiger partial charge in [-0.05, 0) is 19.4 Å². The zero-order chi connectivity index (χ0) is 11.8. The number of hydrogen-bond donors (Lipinski definition) is 3. The molecule has 0 aromatic carbocycles. The van der Waals surface area contributed by atoms with Gasteiger partial charge in [-0.1, -0.05) is 6.92 Å². The van der Waals surface area contributed by atoms with E-state index in [2.05, 4.69) is 20.0 Å². The van der Waals surface area contributed by atoms with Crippen molar-refractivity contribution in [1.82, 2.24) is 20.0 Å². The zero-order valence-corrected chi connectivity index (χ0v) is 10.1. The summed E-state index contributed by atoms with van der Waals surface area (Å²) in [5.41, 5.74) is 0. The van der Waals surface area contributed by atoms with Crippen LogP contribution in [0.3, 0.4) is 0 Å². The molecule has 7 heteroatoms. The minimum Gasteiger partial charge on any atom is -0.332 e. The Balaban J connectivity index is 2.14. The van der Waals surface area contributed by atoms with Crippen molar-refractivity contribution in [3.8, 4) is 0 Å². The van der Waals surface area contributed by atoms with Gasteiger partial charge in [-0.15, -0.1) is 0 Å². The van der Waals surface area contributed by atoms with E-state index in [-0.39, 0.29) is 11.1 Å². The van der Waals surface area contributed by atoms with Crippen LogP contribution in [0.15, 0.2) is 11.2 Å². The highest BCUT2D eigenvalue weighted by atomic mass is 32.2. The molecule has 1 aromatic heterocycles. The molecular formula is C9H16N4O2S. The van der Waals surface area contributed by atoms with Gasteiger partial charge < -0.3 is 10.3 Å². The quantitative estimate of drug-likeness (QED) is 0.675. The second-order valence-corrected chi connectivity index (χ2v) is 5.88. The van der Waals surface area contributed by atoms with E-state index in [1.165, 1.54) is 6.20 Å². The van der Waals surface area contributed by atoms with Crippen LogP contribution in [-0.4, -0.2) is 37.5 Å². The summed E-state index contributed by atoms with van der Waals surface area (Å²) in [7, 11) is -3.46. The van der Waals surface area contributed by atoms with E-state index in [4.69, 9.17) is 0 Å². The van der Waals surface area contributed by atoms with E-state index >= 15 is 0 Å². The van der Waals surface area contributed by atoms with Gasteiger partial charge >= 0.3 is 0 Å². The average molecular weight is 244 g/mol. The molecule has 90 valence electrons. The summed E-state index contributed by atoms with van der Waals surface area (Å²) in [5.74, 6) is 0.900. The summed E-state index contributed by atoms with van der Waals surface area (Å²) < 4.78 is 26.5. The maximum absolute atomic E-state index is 11.9. The molecule has 1 aromatic rings. The molecule has 2 heterocycles. The molecule has 1 saturated heterocycles. The molecule has 0 bridgehead atoms. The van der Waals surface area contributed by atoms with Gasteiger partial charge in [0.1, 0.15) is 5.82 Å². The van der Waals surface area contributed by atoms with Crippen molar-refractivity contribution in [2.75, 3.05) is 13.1 Å². The molecule has 0 spiro atoms. The molecule has 2 unspecified atom stereocenters. The van der Waals surface area contributed by atoms with E-state index in [0.29, 0.717) is 18.3 Å². The fourth-order valence-electron chi connectivity index (χ4n) is 1.77. The van der Waals surface area contributed by atoms with Crippen LogP contribution in [0.4, 0.5) is 0 Å². The van der Waals surface area contributed by atoms with Gasteiger partial charge in [0, 0.05) is 12.6 Å². The summed E-state index contributed by atoms with van der Waals surface area (Å²) in [6.45, 7) is 5.26. The van der Waals surface area contributed by atoms with E-state index in [0.717, 1.165) is 6.54 Å². The summed E-state index contributed by atoms with van der Waals surface area (Å²) in [6, 6.07) is -0.0476. The van der Waals surface area contributed by atoms with Crippen molar-refractivity contribution in [2.45, 2.75) is 24.9 Å². The first-order valence-electron chi connectivity index (χ1n) is 5.24. The SMILES string of the molecule is Cc1ncc(S(=O)(=O)NC2CNCC2C)[nH]1. The van der Waals surface area contributed by atoms with Crippen LogP contribution in [0.2, 0.25) is 0 Å². The van der Waals surface area contributed by atoms with Gasteiger partial charge in [-0.25, -0.2) is 18.1 Å². The summed E-state index contributed by atoms with van der Waals surface area (Å²) in [6.07, 6.45) is 1.34. The number of H-pyrrole nitrogens is 1. The predicted molar refractivity (Wildman–Crippen MR) is 59.5 cm³/mol. The van der Waals surface area contributed by atoms with Gasteiger partial charge in [0.05, 0.1) is 6.20 Å². The van der Waals surface area contributed by atoms with Gasteiger partial charge in [0.25, 0.3) is 10.0 Å². The van der Waals surface area contributed by atoms with Crippen LogP contribution in [0.5, 0.6) is 0 Å². The lowest BCUT2D eigenvalue weighted by atomic mass is 10.1. The highest BCUT2D eigenvalue weighted by Crippen LogP contribution is 2.12. The second-order valence-electron chi connectivity index (χ2n) is 4.20. The Hall–Kier alpha value is -0.920. The molecule has 0 saturated carbocycles. The topological polar surface area (TPSA) is 86.9 Å². The third kappa shape index (κ3) is 2.26. The summed E-state index contributed by atoms with van der Waals surface area (Å²) in [4.78, 5) is 6.61. The van der Waals surface area contributed by atoms with Crippen LogP contribution >= 0.6 is 0 Å². The fourth-order valence-corrected chi connectivity index (χ4v) is 3.08. The third-order valence-electron chi connectivity index (χ3n) is 2.79. The fraction of sp³-hybridized carbons (Fsp3) is 0.667. The molecular weight excluding hydrogens is 228 g/mol. The molecule has 0 aliphatic carbocycles. The molecule has 1 aliphatic heterocycles. The summed E-state index contributed by atoms with van der Waals surface area (Å²) in [5, 5.41) is 3.28. The molecule has 1 aliphatic rings. The van der Waals surface area contributed by atoms with Gasteiger partial charge in [-0.2, -0.15) is 0 Å². The zero-order valence-electron chi connectivity index (χ0n) is 9.32. The smallest absolute Gasteiger partial charge is 0.257 e. The number of nitrogens with zero attached hydrogens (tertiary/aromatic N) is 1. The molecule has 0 amide bonds. The molecule has 2 rings (SSSR count). The molecule has 2 atom stereocenters. The predicted octanol–water partition coefficient (Wildman–Crippen LogP) is -0.396. The Bertz CT molecular complexity index is 468. The van der Waals surface area contributed by atoms with E-state index in [9.17, 15) is 8.42 Å². The number of imidazole rings is 1. The third-order valence-corrected chi connectivity index (χ3v) is 4.19. The first-order chi connectivity index (χ1) is 7.49. The second kappa shape index (κ2) is 4.15. The van der Waals surface area contributed by atoms with E-state index < -0.39 is 10.0 Å². The van der Waals surface area contributed by atoms with Gasteiger partial charge in [-0.3, -0.25) is 0 Å². The highest BCUT2D eigenvalue weighted by molar-refractivity contribution is 7.89. The van der Waals surface area contributed by atoms with Crippen molar-refractivity contribution in [3.05, 3.63) is 12.0 Å². The van der Waals surface area contributed by atoms with Crippen molar-refractivity contribution in [3.63, 3.8) is 0 Å². The minimum atomic E-state index is -3.46. The number of aromatic nitrogens is 2. The largest absolute Gasteiger partial charge is 0.332 e. The van der Waals surface area contributed by atoms with Crippen molar-refractivity contribution >= 4 is 10.0 Å². The van der Waals surface area contributed by atoms with E-state index in [1.54, 1.807) is 6.92 Å². The Morgan fingerprint density at radius 2 is 2.25 bits per heavy atom. The Labute approximate surface area is 94.9 Å². The highest BCUT2D eigenvalue weighted by Gasteiger charge is 2.28. The van der Waals surface area contributed by atoms with Gasteiger partial charge in [0.2, 0.25) is 0 Å². The number of nitrogens with one attached hydrogen (secondary N) is 3. The maximum atomic E-state index is 11.9. The van der Waals surface area contributed by atoms with Crippen LogP contribution in [0.1, 0.15) is 12.7 Å². The Morgan fingerprint density at radius 1 is 1.50 bits per heavy atom. The number of hydrogen-bond acceptors (Lipinski definition) is 4. The normalized spacial score (nSPS) is 26.1. The lowest BCUT2D eigenvalue weighted by Crippen LogP contribution is -2.39. The Kier molecular flexibility index (Phi) is 3.00. The number of rotatable bonds is 3. The van der Waals surface area contributed by atoms with Crippen molar-refractivity contribution in [1.29, 1.82) is 0 Å². The van der Waals surface area contributed by atoms with Crippen LogP contribution in [0, 0.1) is 12.8 Å². The van der Waals surface area contributed by atoms with E-state index in [1.807, 2.05) is 6.92 Å². The monoisotopic (exact) mass is 244 g/mol. The van der Waals surface area contributed by atoms with Crippen molar-refractivity contribution in [2.24, 2.45) is 5.92 Å². The molecule has 6 nitrogen and oxygen atoms in total. The minimum absolute atomic E-state index is 0.0476. The van der Waals surface area contributed by atoms with Gasteiger partial charge in [0.15, 0.2) is 5.03 Å². The first-order valence-corrected chi connectivity index (χ1v) is 6.72. The number of aryl methyl sites for hydroxylation is 1. The van der Waals surface area contributed by atoms with Crippen LogP contribution in [-0.2, 0) is 10.0 Å². The molecule has 1 fully saturated rings. The number of sulfonamides is 1. The first kappa shape index (κ1) is 11.6. The van der Waals surface area contributed by atoms with Crippen LogP contribution in [0.25, 0.3) is 0 Å².